The lowest BCUT2D eigenvalue weighted by atomic mass is 10.1. The van der Waals surface area contributed by atoms with Gasteiger partial charge in [0.05, 0.1) is 21.3 Å². The van der Waals surface area contributed by atoms with Gasteiger partial charge >= 0.3 is 0 Å². The van der Waals surface area contributed by atoms with Gasteiger partial charge in [0.1, 0.15) is 0 Å². The van der Waals surface area contributed by atoms with E-state index in [9.17, 15) is 8.42 Å². The highest BCUT2D eigenvalue weighted by molar-refractivity contribution is 8.93. The molecule has 0 saturated heterocycles. The first-order valence-electron chi connectivity index (χ1n) is 8.19. The Kier molecular flexibility index (Phi) is 7.27. The lowest BCUT2D eigenvalue weighted by molar-refractivity contribution is 0.521. The highest BCUT2D eigenvalue weighted by Crippen LogP contribution is 2.28. The van der Waals surface area contributed by atoms with Crippen molar-refractivity contribution in [2.75, 3.05) is 14.1 Å². The number of benzene rings is 2. The second kappa shape index (κ2) is 8.92. The first-order chi connectivity index (χ1) is 12.7. The Morgan fingerprint density at radius 3 is 2.46 bits per heavy atom. The maximum absolute atomic E-state index is 12.5. The molecule has 0 aliphatic heterocycles. The molecule has 3 rings (SSSR count). The van der Waals surface area contributed by atoms with Crippen LogP contribution in [0.15, 0.2) is 57.7 Å². The molecule has 0 spiro atoms. The lowest BCUT2D eigenvalue weighted by Crippen LogP contribution is -2.22. The molecule has 0 radical (unpaired) electrons. The van der Waals surface area contributed by atoms with Gasteiger partial charge in [0.15, 0.2) is 4.80 Å². The predicted octanol–water partition coefficient (Wildman–Crippen LogP) is 4.78. The molecule has 3 aromatic rings. The number of halogens is 2. The maximum atomic E-state index is 12.5. The molecule has 0 aliphatic carbocycles. The molecule has 0 atom stereocenters. The SMILES string of the molecule is Br.Cc1ccc(S(=O)(=O)N(C)C)cc1-c1csc(=Nc2ccccc2Cl)n1C. The molecule has 0 N–H and O–H groups in total. The van der Waals surface area contributed by atoms with Gasteiger partial charge in [-0.25, -0.2) is 17.7 Å². The van der Waals surface area contributed by atoms with Crippen LogP contribution < -0.4 is 4.80 Å². The first-order valence-corrected chi connectivity index (χ1v) is 10.9. The molecular weight excluding hydrogens is 482 g/mol. The number of aryl methyl sites for hydroxylation is 1. The van der Waals surface area contributed by atoms with Crippen LogP contribution in [-0.4, -0.2) is 31.4 Å². The number of thiazole rings is 1. The van der Waals surface area contributed by atoms with E-state index in [1.54, 1.807) is 18.2 Å². The van der Waals surface area contributed by atoms with Crippen molar-refractivity contribution in [3.8, 4) is 11.3 Å². The van der Waals surface area contributed by atoms with Crippen molar-refractivity contribution in [3.63, 3.8) is 0 Å². The number of nitrogens with zero attached hydrogens (tertiary/aromatic N) is 3. The van der Waals surface area contributed by atoms with Crippen molar-refractivity contribution in [2.24, 2.45) is 12.0 Å². The Morgan fingerprint density at radius 1 is 1.14 bits per heavy atom. The Balaban J connectivity index is 0.00000280. The molecule has 0 aliphatic rings. The molecule has 5 nitrogen and oxygen atoms in total. The van der Waals surface area contributed by atoms with Crippen molar-refractivity contribution < 1.29 is 8.42 Å². The quantitative estimate of drug-likeness (QED) is 0.516. The number of sulfonamides is 1. The molecule has 2 aromatic carbocycles. The van der Waals surface area contributed by atoms with E-state index in [1.165, 1.54) is 29.7 Å². The largest absolute Gasteiger partial charge is 0.320 e. The topological polar surface area (TPSA) is 54.7 Å². The lowest BCUT2D eigenvalue weighted by Gasteiger charge is -2.14. The fourth-order valence-corrected chi connectivity index (χ4v) is 4.63. The van der Waals surface area contributed by atoms with E-state index in [1.807, 2.05) is 48.2 Å². The van der Waals surface area contributed by atoms with Gasteiger partial charge in [-0.3, -0.25) is 0 Å². The third kappa shape index (κ3) is 4.41. The highest BCUT2D eigenvalue weighted by atomic mass is 79.9. The molecule has 1 aromatic heterocycles. The third-order valence-electron chi connectivity index (χ3n) is 4.26. The van der Waals surface area contributed by atoms with Crippen molar-refractivity contribution >= 4 is 55.6 Å². The van der Waals surface area contributed by atoms with E-state index in [2.05, 4.69) is 4.99 Å². The van der Waals surface area contributed by atoms with Crippen molar-refractivity contribution in [3.05, 3.63) is 63.2 Å². The summed E-state index contributed by atoms with van der Waals surface area (Å²) in [6.45, 7) is 1.96. The van der Waals surface area contributed by atoms with Crippen LogP contribution in [0.2, 0.25) is 5.02 Å². The standard InChI is InChI=1S/C19H20ClN3O2S2.BrH/c1-13-9-10-14(27(24,25)22(2)3)11-15(13)18-12-26-19(23(18)4)21-17-8-6-5-7-16(17)20;/h5-12H,1-4H3;1H. The van der Waals surface area contributed by atoms with Gasteiger partial charge in [-0.1, -0.05) is 29.8 Å². The minimum Gasteiger partial charge on any atom is -0.320 e. The summed E-state index contributed by atoms with van der Waals surface area (Å²) < 4.78 is 28.1. The Labute approximate surface area is 184 Å². The zero-order valence-electron chi connectivity index (χ0n) is 15.9. The average Bonchev–Trinajstić information content (AvgIpc) is 2.97. The molecule has 0 unspecified atom stereocenters. The molecule has 0 amide bonds. The van der Waals surface area contributed by atoms with Gasteiger partial charge in [-0.2, -0.15) is 0 Å². The van der Waals surface area contributed by atoms with Gasteiger partial charge in [0.25, 0.3) is 0 Å². The van der Waals surface area contributed by atoms with Crippen LogP contribution in [0.25, 0.3) is 11.3 Å². The minimum atomic E-state index is -3.50. The monoisotopic (exact) mass is 501 g/mol. The Morgan fingerprint density at radius 2 is 1.82 bits per heavy atom. The summed E-state index contributed by atoms with van der Waals surface area (Å²) in [5, 5.41) is 2.56. The van der Waals surface area contributed by atoms with Crippen molar-refractivity contribution in [1.29, 1.82) is 0 Å². The van der Waals surface area contributed by atoms with E-state index < -0.39 is 10.0 Å². The van der Waals surface area contributed by atoms with Gasteiger partial charge < -0.3 is 4.57 Å². The summed E-state index contributed by atoms with van der Waals surface area (Å²) in [5.74, 6) is 0. The maximum Gasteiger partial charge on any atom is 0.242 e. The van der Waals surface area contributed by atoms with E-state index in [0.717, 1.165) is 21.6 Å². The molecule has 150 valence electrons. The number of rotatable bonds is 4. The van der Waals surface area contributed by atoms with Gasteiger partial charge in [-0.15, -0.1) is 28.3 Å². The second-order valence-electron chi connectivity index (χ2n) is 6.29. The van der Waals surface area contributed by atoms with Crippen LogP contribution in [-0.2, 0) is 17.1 Å². The Bertz CT molecular complexity index is 1170. The number of hydrogen-bond acceptors (Lipinski definition) is 4. The van der Waals surface area contributed by atoms with Crippen molar-refractivity contribution in [2.45, 2.75) is 11.8 Å². The van der Waals surface area contributed by atoms with E-state index in [0.29, 0.717) is 10.7 Å². The third-order valence-corrected chi connectivity index (χ3v) is 7.30. The molecule has 9 heteroatoms. The van der Waals surface area contributed by atoms with Crippen LogP contribution in [0.5, 0.6) is 0 Å². The summed E-state index contributed by atoms with van der Waals surface area (Å²) in [7, 11) is 1.47. The van der Waals surface area contributed by atoms with E-state index in [4.69, 9.17) is 11.6 Å². The van der Waals surface area contributed by atoms with Crippen LogP contribution in [0.3, 0.4) is 0 Å². The summed E-state index contributed by atoms with van der Waals surface area (Å²) in [4.78, 5) is 5.68. The summed E-state index contributed by atoms with van der Waals surface area (Å²) in [6, 6.07) is 12.6. The zero-order valence-corrected chi connectivity index (χ0v) is 20.0. The number of hydrogen-bond donors (Lipinski definition) is 0. The van der Waals surface area contributed by atoms with E-state index >= 15 is 0 Å². The summed E-state index contributed by atoms with van der Waals surface area (Å²) in [6.07, 6.45) is 0. The number of para-hydroxylation sites is 1. The fraction of sp³-hybridized carbons (Fsp3) is 0.211. The van der Waals surface area contributed by atoms with Gasteiger partial charge in [-0.05, 0) is 36.8 Å². The predicted molar refractivity (Wildman–Crippen MR) is 121 cm³/mol. The first kappa shape index (κ1) is 22.8. The number of aromatic nitrogens is 1. The average molecular weight is 503 g/mol. The molecule has 0 saturated carbocycles. The second-order valence-corrected chi connectivity index (χ2v) is 9.69. The van der Waals surface area contributed by atoms with E-state index in [-0.39, 0.29) is 21.9 Å². The zero-order chi connectivity index (χ0) is 19.8. The minimum absolute atomic E-state index is 0. The van der Waals surface area contributed by atoms with Gasteiger partial charge in [0, 0.05) is 32.1 Å². The summed E-state index contributed by atoms with van der Waals surface area (Å²) in [5.41, 5.74) is 3.45. The van der Waals surface area contributed by atoms with Crippen LogP contribution in [0, 0.1) is 6.92 Å². The summed E-state index contributed by atoms with van der Waals surface area (Å²) >= 11 is 7.69. The van der Waals surface area contributed by atoms with Crippen LogP contribution in [0.1, 0.15) is 5.56 Å². The molecule has 1 heterocycles. The molecular formula is C19H21BrClN3O2S2. The van der Waals surface area contributed by atoms with Crippen molar-refractivity contribution in [1.82, 2.24) is 8.87 Å². The Hall–Kier alpha value is -1.45. The van der Waals surface area contributed by atoms with Gasteiger partial charge in [0.2, 0.25) is 10.0 Å². The smallest absolute Gasteiger partial charge is 0.242 e. The molecule has 0 fully saturated rings. The molecule has 28 heavy (non-hydrogen) atoms. The highest BCUT2D eigenvalue weighted by Gasteiger charge is 2.19. The normalized spacial score (nSPS) is 12.3. The van der Waals surface area contributed by atoms with Crippen LogP contribution >= 0.6 is 39.9 Å². The van der Waals surface area contributed by atoms with Crippen LogP contribution in [0.4, 0.5) is 5.69 Å². The fourth-order valence-electron chi connectivity index (χ4n) is 2.61. The molecule has 0 bridgehead atoms.